The van der Waals surface area contributed by atoms with Crippen LogP contribution in [0.5, 0.6) is 0 Å². The van der Waals surface area contributed by atoms with Crippen LogP contribution in [0.25, 0.3) is 33.3 Å². The molecule has 0 aliphatic heterocycles. The Labute approximate surface area is 216 Å². The van der Waals surface area contributed by atoms with Gasteiger partial charge in [-0.3, -0.25) is 4.98 Å². The second-order valence-electron chi connectivity index (χ2n) is 10.7. The van der Waals surface area contributed by atoms with Crippen LogP contribution >= 0.6 is 0 Å². The summed E-state index contributed by atoms with van der Waals surface area (Å²) in [6, 6.07) is 13.6. The maximum atomic E-state index is 6.07. The lowest BCUT2D eigenvalue weighted by Crippen LogP contribution is -2.22. The number of aromatic nitrogens is 5. The molecule has 5 aromatic rings. The molecule has 2 N–H and O–H groups in total. The van der Waals surface area contributed by atoms with Gasteiger partial charge < -0.3 is 19.8 Å². The fourth-order valence-corrected chi connectivity index (χ4v) is 4.93. The molecule has 4 heterocycles. The van der Waals surface area contributed by atoms with Crippen LogP contribution < -0.4 is 10.6 Å². The normalized spacial score (nSPS) is 13.9. The number of pyridine rings is 1. The van der Waals surface area contributed by atoms with Gasteiger partial charge in [0.2, 0.25) is 5.95 Å². The molecule has 9 nitrogen and oxygen atoms in total. The number of hydrogen-bond acceptors (Lipinski definition) is 8. The highest BCUT2D eigenvalue weighted by Gasteiger charge is 2.24. The summed E-state index contributed by atoms with van der Waals surface area (Å²) in [7, 11) is -1.17. The monoisotopic (exact) mass is 513 g/mol. The number of hydrogen-bond donors (Lipinski definition) is 2. The molecule has 0 amide bonds. The van der Waals surface area contributed by atoms with E-state index < -0.39 is 8.07 Å². The fraction of sp³-hybridized carbons (Fsp3) is 0.333. The third-order valence-electron chi connectivity index (χ3n) is 6.39. The molecule has 1 aliphatic rings. The van der Waals surface area contributed by atoms with Crippen molar-refractivity contribution in [2.24, 2.45) is 0 Å². The maximum Gasteiger partial charge on any atom is 0.229 e. The second-order valence-corrected chi connectivity index (χ2v) is 16.4. The van der Waals surface area contributed by atoms with Gasteiger partial charge in [0, 0.05) is 55.8 Å². The summed E-state index contributed by atoms with van der Waals surface area (Å²) >= 11 is 0. The van der Waals surface area contributed by atoms with Crippen LogP contribution in [-0.2, 0) is 11.5 Å². The summed E-state index contributed by atoms with van der Waals surface area (Å²) < 4.78 is 13.6. The standard InChI is InChI=1S/C27H31N7O2Si/c1-37(2,3)15-14-35-17-34-23-16-20(6-7-21(23)24(33-34)18-8-11-28-12-9-18)30-27-31-22-10-13-36-25(22)26(32-27)29-19-4-5-19/h6-13,16,19H,4-5,14-15,17H2,1-3H3,(H2,29,30,31,32). The summed E-state index contributed by atoms with van der Waals surface area (Å²) in [6.07, 6.45) is 7.52. The first-order valence-electron chi connectivity index (χ1n) is 12.7. The van der Waals surface area contributed by atoms with Crippen LogP contribution in [0, 0.1) is 0 Å². The van der Waals surface area contributed by atoms with Gasteiger partial charge in [0.1, 0.15) is 17.9 Å². The molecule has 1 aromatic carbocycles. The zero-order valence-corrected chi connectivity index (χ0v) is 22.4. The first-order valence-corrected chi connectivity index (χ1v) is 16.4. The first-order chi connectivity index (χ1) is 17.9. The van der Waals surface area contributed by atoms with Gasteiger partial charge in [-0.25, -0.2) is 9.67 Å². The topological polar surface area (TPSA) is 103 Å². The third kappa shape index (κ3) is 5.35. The van der Waals surface area contributed by atoms with Gasteiger partial charge >= 0.3 is 0 Å². The molecular formula is C27H31N7O2Si. The minimum Gasteiger partial charge on any atom is -0.459 e. The average molecular weight is 514 g/mol. The van der Waals surface area contributed by atoms with Gasteiger partial charge in [-0.05, 0) is 49.2 Å². The molecular weight excluding hydrogens is 482 g/mol. The number of nitrogens with zero attached hydrogens (tertiary/aromatic N) is 5. The van der Waals surface area contributed by atoms with Crippen LogP contribution in [0.4, 0.5) is 17.5 Å². The van der Waals surface area contributed by atoms with Crippen LogP contribution in [0.2, 0.25) is 25.7 Å². The Morgan fingerprint density at radius 1 is 1.08 bits per heavy atom. The number of fused-ring (bicyclic) bond motifs is 2. The predicted molar refractivity (Wildman–Crippen MR) is 149 cm³/mol. The average Bonchev–Trinajstić information content (AvgIpc) is 3.43. The SMILES string of the molecule is C[Si](C)(C)CCOCn1nc(-c2ccncc2)c2ccc(Nc3nc(NC4CC4)c4occc4n3)cc21. The Morgan fingerprint density at radius 2 is 1.92 bits per heavy atom. The third-order valence-corrected chi connectivity index (χ3v) is 8.10. The molecule has 0 bridgehead atoms. The summed E-state index contributed by atoms with van der Waals surface area (Å²) in [4.78, 5) is 13.5. The highest BCUT2D eigenvalue weighted by atomic mass is 28.3. The molecule has 1 saturated carbocycles. The van der Waals surface area contributed by atoms with E-state index >= 15 is 0 Å². The van der Waals surface area contributed by atoms with Crippen LogP contribution in [-0.4, -0.2) is 45.5 Å². The zero-order valence-electron chi connectivity index (χ0n) is 21.4. The first kappa shape index (κ1) is 23.6. The molecule has 37 heavy (non-hydrogen) atoms. The Kier molecular flexibility index (Phi) is 6.13. The van der Waals surface area contributed by atoms with E-state index in [2.05, 4.69) is 52.4 Å². The number of anilines is 3. The van der Waals surface area contributed by atoms with E-state index in [0.717, 1.165) is 64.7 Å². The predicted octanol–water partition coefficient (Wildman–Crippen LogP) is 6.26. The number of benzene rings is 1. The molecule has 6 rings (SSSR count). The number of rotatable bonds is 10. The molecule has 1 fully saturated rings. The maximum absolute atomic E-state index is 6.07. The van der Waals surface area contributed by atoms with Gasteiger partial charge in [0.05, 0.1) is 11.8 Å². The lowest BCUT2D eigenvalue weighted by Gasteiger charge is -2.15. The number of furan rings is 1. The van der Waals surface area contributed by atoms with Gasteiger partial charge in [-0.1, -0.05) is 19.6 Å². The Balaban J connectivity index is 1.32. The molecule has 0 radical (unpaired) electrons. The van der Waals surface area contributed by atoms with Gasteiger partial charge in [0.25, 0.3) is 0 Å². The second kappa shape index (κ2) is 9.60. The summed E-state index contributed by atoms with van der Waals surface area (Å²) in [5.74, 6) is 1.24. The molecule has 0 spiro atoms. The summed E-state index contributed by atoms with van der Waals surface area (Å²) in [5.41, 5.74) is 5.23. The zero-order chi connectivity index (χ0) is 25.4. The highest BCUT2D eigenvalue weighted by Crippen LogP contribution is 2.32. The van der Waals surface area contributed by atoms with Crippen molar-refractivity contribution in [1.29, 1.82) is 0 Å². The minimum atomic E-state index is -1.17. The molecule has 10 heteroatoms. The van der Waals surface area contributed by atoms with Crippen molar-refractivity contribution in [1.82, 2.24) is 24.7 Å². The molecule has 1 aliphatic carbocycles. The molecule has 0 atom stereocenters. The summed E-state index contributed by atoms with van der Waals surface area (Å²) in [6.45, 7) is 8.19. The Bertz CT molecular complexity index is 1540. The number of nitrogens with one attached hydrogen (secondary N) is 2. The largest absolute Gasteiger partial charge is 0.459 e. The summed E-state index contributed by atoms with van der Waals surface area (Å²) in [5, 5.41) is 12.8. The van der Waals surface area contributed by atoms with Crippen molar-refractivity contribution >= 4 is 47.5 Å². The van der Waals surface area contributed by atoms with E-state index in [4.69, 9.17) is 19.2 Å². The Morgan fingerprint density at radius 3 is 2.70 bits per heavy atom. The lowest BCUT2D eigenvalue weighted by molar-refractivity contribution is 0.0819. The van der Waals surface area contributed by atoms with Gasteiger partial charge in [0.15, 0.2) is 11.4 Å². The van der Waals surface area contributed by atoms with Crippen molar-refractivity contribution in [3.63, 3.8) is 0 Å². The van der Waals surface area contributed by atoms with Crippen molar-refractivity contribution in [2.75, 3.05) is 17.2 Å². The van der Waals surface area contributed by atoms with Crippen molar-refractivity contribution in [2.45, 2.75) is 51.3 Å². The molecule has 0 unspecified atom stereocenters. The molecule has 4 aromatic heterocycles. The van der Waals surface area contributed by atoms with E-state index in [1.807, 2.05) is 28.9 Å². The van der Waals surface area contributed by atoms with Crippen LogP contribution in [0.3, 0.4) is 0 Å². The van der Waals surface area contributed by atoms with Crippen LogP contribution in [0.1, 0.15) is 12.8 Å². The minimum absolute atomic E-state index is 0.391. The smallest absolute Gasteiger partial charge is 0.229 e. The van der Waals surface area contributed by atoms with E-state index in [0.29, 0.717) is 24.3 Å². The van der Waals surface area contributed by atoms with Crippen molar-refractivity contribution in [3.05, 3.63) is 55.1 Å². The van der Waals surface area contributed by atoms with Crippen molar-refractivity contribution < 1.29 is 9.15 Å². The van der Waals surface area contributed by atoms with Gasteiger partial charge in [-0.15, -0.1) is 0 Å². The van der Waals surface area contributed by atoms with Crippen LogP contribution in [0.15, 0.2) is 59.5 Å². The number of ether oxygens (including phenoxy) is 1. The quantitative estimate of drug-likeness (QED) is 0.166. The molecule has 0 saturated heterocycles. The van der Waals surface area contributed by atoms with E-state index in [-0.39, 0.29) is 0 Å². The van der Waals surface area contributed by atoms with E-state index in [1.54, 1.807) is 18.7 Å². The van der Waals surface area contributed by atoms with Crippen molar-refractivity contribution in [3.8, 4) is 11.3 Å². The fourth-order valence-electron chi connectivity index (χ4n) is 4.17. The Hall–Kier alpha value is -3.76. The van der Waals surface area contributed by atoms with E-state index in [1.165, 1.54) is 0 Å². The van der Waals surface area contributed by atoms with E-state index in [9.17, 15) is 0 Å². The lowest BCUT2D eigenvalue weighted by atomic mass is 10.1. The molecule has 190 valence electrons. The van der Waals surface area contributed by atoms with Gasteiger partial charge in [-0.2, -0.15) is 10.1 Å². The highest BCUT2D eigenvalue weighted by molar-refractivity contribution is 6.76.